The molecule has 0 radical (unpaired) electrons. The van der Waals surface area contributed by atoms with Crippen LogP contribution in [0, 0.1) is 0 Å². The molecule has 12 heavy (non-hydrogen) atoms. The van der Waals surface area contributed by atoms with Crippen molar-refractivity contribution in [3.05, 3.63) is 0 Å². The topological polar surface area (TPSA) is 0 Å². The Kier molecular flexibility index (Phi) is 14.5. The van der Waals surface area contributed by atoms with E-state index >= 15 is 0 Å². The lowest BCUT2D eigenvalue weighted by atomic mass is 11.0. The summed E-state index contributed by atoms with van der Waals surface area (Å²) < 4.78 is 0. The highest BCUT2D eigenvalue weighted by Gasteiger charge is 2.06. The van der Waals surface area contributed by atoms with E-state index in [2.05, 4.69) is 46.6 Å². The van der Waals surface area contributed by atoms with E-state index in [9.17, 15) is 0 Å². The monoisotopic (exact) mass is 206 g/mol. The molecule has 0 aliphatic carbocycles. The molecule has 0 aliphatic rings. The minimum atomic E-state index is -0.631. The summed E-state index contributed by atoms with van der Waals surface area (Å²) in [5.74, 6) is 0. The zero-order valence-electron chi connectivity index (χ0n) is 9.49. The fraction of sp³-hybridized carbons (Fsp3) is 1.00. The van der Waals surface area contributed by atoms with E-state index < -0.39 is 8.07 Å². The van der Waals surface area contributed by atoms with E-state index in [4.69, 9.17) is 0 Å². The van der Waals surface area contributed by atoms with Gasteiger partial charge in [0.1, 0.15) is 0 Å². The van der Waals surface area contributed by atoms with E-state index in [0.717, 1.165) is 0 Å². The minimum Gasteiger partial charge on any atom is -0.0776 e. The van der Waals surface area contributed by atoms with Crippen molar-refractivity contribution in [2.45, 2.75) is 66.1 Å². The first-order valence-electron chi connectivity index (χ1n) is 4.83. The zero-order chi connectivity index (χ0) is 9.49. The fourth-order valence-electron chi connectivity index (χ4n) is 0. The second kappa shape index (κ2) is 9.52. The second-order valence-corrected chi connectivity index (χ2v) is 14.1. The molecule has 78 valence electrons. The Bertz CT molecular complexity index is 72.4. The van der Waals surface area contributed by atoms with Crippen LogP contribution >= 0.6 is 0 Å². The van der Waals surface area contributed by atoms with Crippen molar-refractivity contribution in [2.75, 3.05) is 0 Å². The van der Waals surface area contributed by atoms with Crippen LogP contribution in [0.15, 0.2) is 0 Å². The Balaban J connectivity index is -0.000000126. The van der Waals surface area contributed by atoms with Gasteiger partial charge in [-0.05, 0) is 0 Å². The zero-order valence-corrected chi connectivity index (χ0v) is 11.6. The van der Waals surface area contributed by atoms with Crippen LogP contribution in [0.1, 0.15) is 21.3 Å². The summed E-state index contributed by atoms with van der Waals surface area (Å²) in [6, 6.07) is 2.85. The quantitative estimate of drug-likeness (QED) is 0.585. The molecule has 0 heterocycles. The SMILES string of the molecule is C.CC[SiH](C)C.CC[Si](C)(C)C. The maximum atomic E-state index is 2.38. The lowest BCUT2D eigenvalue weighted by Gasteiger charge is -2.09. The van der Waals surface area contributed by atoms with Crippen molar-refractivity contribution < 1.29 is 0 Å². The van der Waals surface area contributed by atoms with Gasteiger partial charge in [0.15, 0.2) is 0 Å². The molecule has 0 aromatic heterocycles. The molecule has 2 heteroatoms. The van der Waals surface area contributed by atoms with Crippen molar-refractivity contribution in [2.24, 2.45) is 0 Å². The first kappa shape index (κ1) is 18.3. The molecular formula is C10H30Si2. The standard InChI is InChI=1S/C5H14Si.C4H12Si.CH4/c1-5-6(2,3)4;1-4-5(2)3;/h5H2,1-4H3;5H,4H2,1-3H3;1H4. The van der Waals surface area contributed by atoms with Crippen molar-refractivity contribution in [1.82, 2.24) is 0 Å². The molecule has 0 atom stereocenters. The number of hydrogen-bond acceptors (Lipinski definition) is 0. The van der Waals surface area contributed by atoms with E-state index in [1.165, 1.54) is 12.1 Å². The van der Waals surface area contributed by atoms with Gasteiger partial charge in [0.25, 0.3) is 0 Å². The van der Waals surface area contributed by atoms with Crippen LogP contribution in [-0.4, -0.2) is 16.9 Å². The van der Waals surface area contributed by atoms with Crippen LogP contribution in [0.2, 0.25) is 44.8 Å². The Morgan fingerprint density at radius 3 is 1.17 bits per heavy atom. The van der Waals surface area contributed by atoms with Crippen molar-refractivity contribution >= 4 is 16.9 Å². The molecular weight excluding hydrogens is 176 g/mol. The predicted molar refractivity (Wildman–Crippen MR) is 69.9 cm³/mol. The smallest absolute Gasteiger partial charge is 0.0439 e. The van der Waals surface area contributed by atoms with Crippen LogP contribution in [0.4, 0.5) is 0 Å². The van der Waals surface area contributed by atoms with Gasteiger partial charge in [-0.1, -0.05) is 66.1 Å². The average Bonchev–Trinajstić information content (AvgIpc) is 1.88. The van der Waals surface area contributed by atoms with Crippen molar-refractivity contribution in [1.29, 1.82) is 0 Å². The fourth-order valence-corrected chi connectivity index (χ4v) is 0. The van der Waals surface area contributed by atoms with Crippen molar-refractivity contribution in [3.8, 4) is 0 Å². The van der Waals surface area contributed by atoms with Crippen LogP contribution in [0.5, 0.6) is 0 Å². The maximum absolute atomic E-state index is 2.38. The van der Waals surface area contributed by atoms with Crippen LogP contribution < -0.4 is 0 Å². The van der Waals surface area contributed by atoms with E-state index in [1.54, 1.807) is 0 Å². The van der Waals surface area contributed by atoms with Gasteiger partial charge in [0, 0.05) is 16.9 Å². The first-order valence-corrected chi connectivity index (χ1v) is 11.7. The Labute approximate surface area is 83.4 Å². The number of rotatable bonds is 2. The van der Waals surface area contributed by atoms with Gasteiger partial charge in [-0.15, -0.1) is 0 Å². The van der Waals surface area contributed by atoms with Gasteiger partial charge < -0.3 is 0 Å². The average molecular weight is 207 g/mol. The molecule has 0 unspecified atom stereocenters. The minimum absolute atomic E-state index is 0. The molecule has 0 aromatic rings. The Morgan fingerprint density at radius 1 is 1.00 bits per heavy atom. The highest BCUT2D eigenvalue weighted by Crippen LogP contribution is 2.04. The molecule has 0 nitrogen and oxygen atoms in total. The summed E-state index contributed by atoms with van der Waals surface area (Å²) in [7, 11) is -0.781. The summed E-state index contributed by atoms with van der Waals surface area (Å²) in [5.41, 5.74) is 0. The molecule has 0 N–H and O–H groups in total. The van der Waals surface area contributed by atoms with Gasteiger partial charge in [-0.3, -0.25) is 0 Å². The van der Waals surface area contributed by atoms with E-state index in [1.807, 2.05) is 0 Å². The molecule has 0 aromatic carbocycles. The highest BCUT2D eigenvalue weighted by atomic mass is 28.3. The largest absolute Gasteiger partial charge is 0.0776 e. The Hall–Kier alpha value is 0.434. The normalized spacial score (nSPS) is 10.0. The van der Waals surface area contributed by atoms with Gasteiger partial charge >= 0.3 is 0 Å². The second-order valence-electron chi connectivity index (χ2n) is 4.72. The lowest BCUT2D eigenvalue weighted by molar-refractivity contribution is 1.36. The third-order valence-corrected chi connectivity index (χ3v) is 5.63. The van der Waals surface area contributed by atoms with Gasteiger partial charge in [0.2, 0.25) is 0 Å². The van der Waals surface area contributed by atoms with Crippen LogP contribution in [0.25, 0.3) is 0 Å². The molecule has 0 bridgehead atoms. The Morgan fingerprint density at radius 2 is 1.17 bits per heavy atom. The van der Waals surface area contributed by atoms with Gasteiger partial charge in [-0.25, -0.2) is 0 Å². The molecule has 0 aliphatic heterocycles. The molecule has 0 saturated heterocycles. The maximum Gasteiger partial charge on any atom is 0.0439 e. The van der Waals surface area contributed by atoms with Crippen LogP contribution in [0.3, 0.4) is 0 Å². The number of hydrogen-bond donors (Lipinski definition) is 0. The third-order valence-electron chi connectivity index (χ3n) is 1.88. The first-order chi connectivity index (χ1) is 4.83. The molecule has 0 amide bonds. The van der Waals surface area contributed by atoms with Gasteiger partial charge in [-0.2, -0.15) is 0 Å². The molecule has 0 spiro atoms. The summed E-state index contributed by atoms with van der Waals surface area (Å²) in [6.45, 7) is 16.4. The van der Waals surface area contributed by atoms with Crippen LogP contribution in [-0.2, 0) is 0 Å². The van der Waals surface area contributed by atoms with E-state index in [0.29, 0.717) is 0 Å². The predicted octanol–water partition coefficient (Wildman–Crippen LogP) is 4.47. The highest BCUT2D eigenvalue weighted by molar-refractivity contribution is 6.75. The third kappa shape index (κ3) is 31.4. The van der Waals surface area contributed by atoms with Gasteiger partial charge in [0.05, 0.1) is 0 Å². The summed E-state index contributed by atoms with van der Waals surface area (Å²) in [4.78, 5) is 0. The lowest BCUT2D eigenvalue weighted by Crippen LogP contribution is -2.16. The molecule has 0 fully saturated rings. The molecule has 0 rings (SSSR count). The summed E-state index contributed by atoms with van der Waals surface area (Å²) >= 11 is 0. The van der Waals surface area contributed by atoms with E-state index in [-0.39, 0.29) is 16.2 Å². The summed E-state index contributed by atoms with van der Waals surface area (Å²) in [5, 5.41) is 0. The summed E-state index contributed by atoms with van der Waals surface area (Å²) in [6.07, 6.45) is 0. The molecule has 0 saturated carbocycles. The van der Waals surface area contributed by atoms with Crippen molar-refractivity contribution in [3.63, 3.8) is 0 Å².